The molecule has 1 aromatic rings. The van der Waals surface area contributed by atoms with Gasteiger partial charge in [0.2, 0.25) is 5.91 Å². The fourth-order valence-corrected chi connectivity index (χ4v) is 1.96. The number of amides is 2. The van der Waals surface area contributed by atoms with Crippen molar-refractivity contribution in [2.24, 2.45) is 0 Å². The van der Waals surface area contributed by atoms with Crippen LogP contribution in [0.4, 0.5) is 5.69 Å². The number of carbonyl (C=O) groups excluding carboxylic acids is 2. The van der Waals surface area contributed by atoms with Crippen LogP contribution >= 0.6 is 11.6 Å². The normalized spacial score (nSPS) is 11.8. The van der Waals surface area contributed by atoms with Gasteiger partial charge in [-0.05, 0) is 26.8 Å². The van der Waals surface area contributed by atoms with Crippen LogP contribution in [0.25, 0.3) is 0 Å². The van der Waals surface area contributed by atoms with E-state index in [0.29, 0.717) is 18.8 Å². The van der Waals surface area contributed by atoms with Gasteiger partial charge in [-0.3, -0.25) is 9.59 Å². The Bertz CT molecular complexity index is 503. The van der Waals surface area contributed by atoms with Crippen molar-refractivity contribution in [3.05, 3.63) is 23.0 Å². The molecule has 1 aromatic heterocycles. The molecule has 0 spiro atoms. The lowest BCUT2D eigenvalue weighted by atomic mass is 10.2. The smallest absolute Gasteiger partial charge is 0.255 e. The van der Waals surface area contributed by atoms with Gasteiger partial charge in [-0.2, -0.15) is 0 Å². The van der Waals surface area contributed by atoms with Crippen LogP contribution in [0, 0.1) is 0 Å². The second kappa shape index (κ2) is 7.09. The highest BCUT2D eigenvalue weighted by molar-refractivity contribution is 6.32. The van der Waals surface area contributed by atoms with Gasteiger partial charge in [0.05, 0.1) is 17.4 Å². The molecular weight excluding hydrogens is 280 g/mol. The minimum absolute atomic E-state index is 0.0548. The summed E-state index contributed by atoms with van der Waals surface area (Å²) in [5, 5.41) is 2.66. The molecule has 3 N–H and O–H groups in total. The van der Waals surface area contributed by atoms with Crippen molar-refractivity contribution in [3.8, 4) is 0 Å². The number of hydrogen-bond donors (Lipinski definition) is 2. The van der Waals surface area contributed by atoms with Crippen LogP contribution < -0.4 is 11.1 Å². The Hall–Kier alpha value is -1.82. The largest absolute Gasteiger partial charge is 0.397 e. The number of nitrogens with zero attached hydrogens (tertiary/aromatic N) is 2. The highest BCUT2D eigenvalue weighted by atomic mass is 35.5. The fourth-order valence-electron chi connectivity index (χ4n) is 1.77. The van der Waals surface area contributed by atoms with E-state index in [2.05, 4.69) is 10.3 Å². The van der Waals surface area contributed by atoms with E-state index in [4.69, 9.17) is 17.3 Å². The minimum Gasteiger partial charge on any atom is -0.397 e. The summed E-state index contributed by atoms with van der Waals surface area (Å²) in [5.74, 6) is -0.612. The van der Waals surface area contributed by atoms with Crippen molar-refractivity contribution in [1.82, 2.24) is 15.2 Å². The van der Waals surface area contributed by atoms with E-state index in [1.807, 2.05) is 13.8 Å². The Morgan fingerprint density at radius 2 is 2.05 bits per heavy atom. The first kappa shape index (κ1) is 16.2. The third kappa shape index (κ3) is 3.84. The van der Waals surface area contributed by atoms with Crippen LogP contribution in [0.1, 0.15) is 31.1 Å². The van der Waals surface area contributed by atoms with Gasteiger partial charge >= 0.3 is 0 Å². The zero-order valence-corrected chi connectivity index (χ0v) is 12.6. The van der Waals surface area contributed by atoms with E-state index in [1.54, 1.807) is 11.8 Å². The molecule has 0 fully saturated rings. The summed E-state index contributed by atoms with van der Waals surface area (Å²) in [7, 11) is 0. The summed E-state index contributed by atoms with van der Waals surface area (Å²) in [4.78, 5) is 29.6. The lowest BCUT2D eigenvalue weighted by Gasteiger charge is -2.23. The number of nitrogen functional groups attached to an aromatic ring is 1. The molecule has 0 saturated carbocycles. The Morgan fingerprint density at radius 1 is 1.45 bits per heavy atom. The van der Waals surface area contributed by atoms with Crippen LogP contribution in [-0.2, 0) is 4.79 Å². The Kier molecular flexibility index (Phi) is 5.76. The molecule has 1 atom stereocenters. The number of hydrogen-bond acceptors (Lipinski definition) is 4. The highest BCUT2D eigenvalue weighted by Gasteiger charge is 2.22. The van der Waals surface area contributed by atoms with Gasteiger partial charge in [0, 0.05) is 13.1 Å². The van der Waals surface area contributed by atoms with Crippen molar-refractivity contribution in [3.63, 3.8) is 0 Å². The predicted octanol–water partition coefficient (Wildman–Crippen LogP) is 1.30. The van der Waals surface area contributed by atoms with E-state index >= 15 is 0 Å². The molecule has 20 heavy (non-hydrogen) atoms. The van der Waals surface area contributed by atoms with Crippen molar-refractivity contribution in [1.29, 1.82) is 0 Å². The molecule has 7 heteroatoms. The van der Waals surface area contributed by atoms with Crippen molar-refractivity contribution in [2.75, 3.05) is 18.8 Å². The lowest BCUT2D eigenvalue weighted by Crippen LogP contribution is -2.46. The van der Waals surface area contributed by atoms with E-state index in [9.17, 15) is 9.59 Å². The Balaban J connectivity index is 2.80. The first-order valence-corrected chi connectivity index (χ1v) is 6.79. The molecule has 0 aromatic carbocycles. The highest BCUT2D eigenvalue weighted by Crippen LogP contribution is 2.15. The molecule has 0 saturated heterocycles. The average Bonchev–Trinajstić information content (AvgIpc) is 2.42. The van der Waals surface area contributed by atoms with Gasteiger partial charge in [-0.1, -0.05) is 11.6 Å². The minimum atomic E-state index is -0.639. The van der Waals surface area contributed by atoms with Crippen LogP contribution in [0.3, 0.4) is 0 Å². The van der Waals surface area contributed by atoms with E-state index < -0.39 is 11.9 Å². The second-order valence-electron chi connectivity index (χ2n) is 4.31. The van der Waals surface area contributed by atoms with E-state index in [-0.39, 0.29) is 16.6 Å². The molecule has 0 radical (unpaired) electrons. The van der Waals surface area contributed by atoms with Gasteiger partial charge in [-0.25, -0.2) is 4.98 Å². The first-order chi connectivity index (χ1) is 9.40. The second-order valence-corrected chi connectivity index (χ2v) is 4.67. The predicted molar refractivity (Wildman–Crippen MR) is 78.5 cm³/mol. The molecule has 0 aliphatic rings. The molecule has 1 rings (SSSR count). The van der Waals surface area contributed by atoms with Crippen LogP contribution in [0.2, 0.25) is 5.15 Å². The fraction of sp³-hybridized carbons (Fsp3) is 0.462. The van der Waals surface area contributed by atoms with Crippen molar-refractivity contribution in [2.45, 2.75) is 26.8 Å². The molecule has 2 amide bonds. The van der Waals surface area contributed by atoms with Crippen LogP contribution in [-0.4, -0.2) is 40.8 Å². The summed E-state index contributed by atoms with van der Waals surface area (Å²) < 4.78 is 0. The number of halogens is 1. The molecule has 110 valence electrons. The summed E-state index contributed by atoms with van der Waals surface area (Å²) in [6, 6.07) is 0.791. The van der Waals surface area contributed by atoms with Crippen molar-refractivity contribution >= 4 is 29.1 Å². The molecule has 0 bridgehead atoms. The standard InChI is InChI=1S/C13H19ClN4O2/c1-4-18(5-2)13(20)8(3)17-12(19)10-6-9(15)7-16-11(10)14/h6-8H,4-5,15H2,1-3H3,(H,17,19). The third-order valence-electron chi connectivity index (χ3n) is 2.90. The maximum absolute atomic E-state index is 12.1. The number of aromatic nitrogens is 1. The number of anilines is 1. The molecule has 1 heterocycles. The molecular formula is C13H19ClN4O2. The maximum atomic E-state index is 12.1. The van der Waals surface area contributed by atoms with Gasteiger partial charge in [0.1, 0.15) is 11.2 Å². The topological polar surface area (TPSA) is 88.3 Å². The first-order valence-electron chi connectivity index (χ1n) is 6.41. The number of nitrogens with two attached hydrogens (primary N) is 1. The SMILES string of the molecule is CCN(CC)C(=O)C(C)NC(=O)c1cc(N)cnc1Cl. The van der Waals surface area contributed by atoms with Crippen molar-refractivity contribution < 1.29 is 9.59 Å². The maximum Gasteiger partial charge on any atom is 0.255 e. The van der Waals surface area contributed by atoms with E-state index in [1.165, 1.54) is 12.3 Å². The zero-order chi connectivity index (χ0) is 15.3. The number of nitrogens with one attached hydrogen (secondary N) is 1. The Morgan fingerprint density at radius 3 is 2.60 bits per heavy atom. The zero-order valence-electron chi connectivity index (χ0n) is 11.8. The summed E-state index contributed by atoms with van der Waals surface area (Å²) >= 11 is 5.85. The van der Waals surface area contributed by atoms with E-state index in [0.717, 1.165) is 0 Å². The van der Waals surface area contributed by atoms with Crippen LogP contribution in [0.15, 0.2) is 12.3 Å². The van der Waals surface area contributed by atoms with Gasteiger partial charge in [-0.15, -0.1) is 0 Å². The summed E-state index contributed by atoms with van der Waals surface area (Å²) in [5.41, 5.74) is 6.06. The molecule has 1 unspecified atom stereocenters. The van der Waals surface area contributed by atoms with Crippen LogP contribution in [0.5, 0.6) is 0 Å². The monoisotopic (exact) mass is 298 g/mol. The number of rotatable bonds is 5. The molecule has 0 aliphatic heterocycles. The lowest BCUT2D eigenvalue weighted by molar-refractivity contribution is -0.132. The molecule has 6 nitrogen and oxygen atoms in total. The number of likely N-dealkylation sites (N-methyl/N-ethyl adjacent to an activating group) is 1. The average molecular weight is 299 g/mol. The third-order valence-corrected chi connectivity index (χ3v) is 3.20. The number of carbonyl (C=O) groups is 2. The van der Waals surface area contributed by atoms with Gasteiger partial charge in [0.25, 0.3) is 5.91 Å². The quantitative estimate of drug-likeness (QED) is 0.802. The van der Waals surface area contributed by atoms with Gasteiger partial charge in [0.15, 0.2) is 0 Å². The van der Waals surface area contributed by atoms with Gasteiger partial charge < -0.3 is 16.0 Å². The number of pyridine rings is 1. The Labute approximate surface area is 123 Å². The molecule has 0 aliphatic carbocycles. The summed E-state index contributed by atoms with van der Waals surface area (Å²) in [6.07, 6.45) is 1.36. The summed E-state index contributed by atoms with van der Waals surface area (Å²) in [6.45, 7) is 6.59.